The van der Waals surface area contributed by atoms with Crippen LogP contribution in [-0.2, 0) is 4.79 Å². The number of thiazole rings is 1. The van der Waals surface area contributed by atoms with E-state index in [1.807, 2.05) is 37.4 Å². The first-order chi connectivity index (χ1) is 10.5. The fourth-order valence-corrected chi connectivity index (χ4v) is 2.93. The van der Waals surface area contributed by atoms with Crippen LogP contribution in [0.5, 0.6) is 0 Å². The maximum Gasteiger partial charge on any atom is 0.225 e. The van der Waals surface area contributed by atoms with Crippen LogP contribution in [0.1, 0.15) is 35.5 Å². The number of allylic oxidation sites excluding steroid dienone is 1. The molecule has 2 aromatic rings. The monoisotopic (exact) mass is 314 g/mol. The van der Waals surface area contributed by atoms with Gasteiger partial charge in [-0.15, -0.1) is 11.3 Å². The van der Waals surface area contributed by atoms with E-state index in [4.69, 9.17) is 0 Å². The number of carbonyl (C=O) groups excluding carboxylic acids is 2. The average Bonchev–Trinajstić information content (AvgIpc) is 2.93. The molecular weight excluding hydrogens is 296 g/mol. The molecule has 0 N–H and O–H groups in total. The Morgan fingerprint density at radius 1 is 1.36 bits per heavy atom. The van der Waals surface area contributed by atoms with Gasteiger partial charge in [-0.2, -0.15) is 0 Å². The van der Waals surface area contributed by atoms with Crippen molar-refractivity contribution in [2.75, 3.05) is 11.4 Å². The highest BCUT2D eigenvalue weighted by atomic mass is 32.1. The normalized spacial score (nSPS) is 10.9. The van der Waals surface area contributed by atoms with Crippen molar-refractivity contribution in [2.45, 2.75) is 20.8 Å². The average molecular weight is 314 g/mol. The molecule has 0 unspecified atom stereocenters. The molecule has 0 fully saturated rings. The zero-order valence-corrected chi connectivity index (χ0v) is 13.7. The molecule has 0 atom stereocenters. The fourth-order valence-electron chi connectivity index (χ4n) is 2.02. The van der Waals surface area contributed by atoms with Crippen LogP contribution in [0.3, 0.4) is 0 Å². The van der Waals surface area contributed by atoms with Gasteiger partial charge in [0.1, 0.15) is 0 Å². The zero-order chi connectivity index (χ0) is 16.1. The molecule has 0 bridgehead atoms. The lowest BCUT2D eigenvalue weighted by Crippen LogP contribution is -2.27. The maximum absolute atomic E-state index is 12.1. The first-order valence-electron chi connectivity index (χ1n) is 7.04. The topological polar surface area (TPSA) is 50.3 Å². The summed E-state index contributed by atoms with van der Waals surface area (Å²) < 4.78 is 0. The Balaban J connectivity index is 2.12. The third kappa shape index (κ3) is 3.89. The number of carbonyl (C=O) groups is 2. The van der Waals surface area contributed by atoms with Crippen molar-refractivity contribution in [3.05, 3.63) is 52.5 Å². The molecule has 1 aromatic heterocycles. The standard InChI is InChI=1S/C17H18N2O2S/c1-4-19(13(3)20)17-18-15(11-22-17)8-9-16(21)14-7-5-6-12(2)10-14/h5-11H,4H2,1-3H3/b9-8+. The molecule has 0 saturated carbocycles. The Morgan fingerprint density at radius 3 is 2.77 bits per heavy atom. The number of hydrogen-bond donors (Lipinski definition) is 0. The smallest absolute Gasteiger partial charge is 0.225 e. The highest BCUT2D eigenvalue weighted by molar-refractivity contribution is 7.14. The molecular formula is C17H18N2O2S. The summed E-state index contributed by atoms with van der Waals surface area (Å²) in [6.45, 7) is 5.95. The second-order valence-corrected chi connectivity index (χ2v) is 5.72. The second kappa shape index (κ2) is 7.13. The van der Waals surface area contributed by atoms with Gasteiger partial charge in [0.05, 0.1) is 5.69 Å². The van der Waals surface area contributed by atoms with Crippen molar-refractivity contribution < 1.29 is 9.59 Å². The van der Waals surface area contributed by atoms with Crippen molar-refractivity contribution in [3.8, 4) is 0 Å². The lowest BCUT2D eigenvalue weighted by Gasteiger charge is -2.14. The van der Waals surface area contributed by atoms with Crippen LogP contribution in [0.25, 0.3) is 6.08 Å². The van der Waals surface area contributed by atoms with Gasteiger partial charge in [0, 0.05) is 24.4 Å². The summed E-state index contributed by atoms with van der Waals surface area (Å²) in [6, 6.07) is 7.46. The minimum atomic E-state index is -0.0582. The number of ketones is 1. The van der Waals surface area contributed by atoms with E-state index in [1.165, 1.54) is 24.3 Å². The second-order valence-electron chi connectivity index (χ2n) is 4.89. The minimum Gasteiger partial charge on any atom is -0.289 e. The van der Waals surface area contributed by atoms with Crippen LogP contribution >= 0.6 is 11.3 Å². The van der Waals surface area contributed by atoms with Crippen LogP contribution in [0.4, 0.5) is 5.13 Å². The SMILES string of the molecule is CCN(C(C)=O)c1nc(/C=C/C(=O)c2cccc(C)c2)cs1. The Morgan fingerprint density at radius 2 is 2.14 bits per heavy atom. The third-order valence-electron chi connectivity index (χ3n) is 3.15. The number of rotatable bonds is 5. The Labute approximate surface area is 134 Å². The van der Waals surface area contributed by atoms with Gasteiger partial charge in [0.15, 0.2) is 10.9 Å². The summed E-state index contributed by atoms with van der Waals surface area (Å²) in [5, 5.41) is 2.48. The molecule has 0 saturated heterocycles. The van der Waals surface area contributed by atoms with E-state index in [9.17, 15) is 9.59 Å². The third-order valence-corrected chi connectivity index (χ3v) is 4.03. The lowest BCUT2D eigenvalue weighted by molar-refractivity contribution is -0.116. The Bertz CT molecular complexity index is 719. The van der Waals surface area contributed by atoms with E-state index >= 15 is 0 Å². The van der Waals surface area contributed by atoms with Gasteiger partial charge in [-0.1, -0.05) is 23.8 Å². The van der Waals surface area contributed by atoms with Crippen LogP contribution in [0.15, 0.2) is 35.7 Å². The van der Waals surface area contributed by atoms with Crippen molar-refractivity contribution in [3.63, 3.8) is 0 Å². The van der Waals surface area contributed by atoms with E-state index in [2.05, 4.69) is 4.98 Å². The van der Waals surface area contributed by atoms with Crippen LogP contribution in [-0.4, -0.2) is 23.2 Å². The number of nitrogens with zero attached hydrogens (tertiary/aromatic N) is 2. The fraction of sp³-hybridized carbons (Fsp3) is 0.235. The van der Waals surface area contributed by atoms with Gasteiger partial charge >= 0.3 is 0 Å². The van der Waals surface area contributed by atoms with E-state index in [0.717, 1.165) is 5.56 Å². The molecule has 114 valence electrons. The van der Waals surface area contributed by atoms with Gasteiger partial charge in [0.2, 0.25) is 5.91 Å². The van der Waals surface area contributed by atoms with Crippen LogP contribution in [0, 0.1) is 6.92 Å². The maximum atomic E-state index is 12.1. The molecule has 5 heteroatoms. The molecule has 1 amide bonds. The molecule has 4 nitrogen and oxygen atoms in total. The number of hydrogen-bond acceptors (Lipinski definition) is 4. The largest absolute Gasteiger partial charge is 0.289 e. The zero-order valence-electron chi connectivity index (χ0n) is 12.9. The summed E-state index contributed by atoms with van der Waals surface area (Å²) >= 11 is 1.39. The van der Waals surface area contributed by atoms with Crippen molar-refractivity contribution in [2.24, 2.45) is 0 Å². The number of anilines is 1. The molecule has 0 spiro atoms. The van der Waals surface area contributed by atoms with Crippen LogP contribution < -0.4 is 4.90 Å². The van der Waals surface area contributed by atoms with Gasteiger partial charge in [0.25, 0.3) is 0 Å². The van der Waals surface area contributed by atoms with Crippen molar-refractivity contribution >= 4 is 34.2 Å². The van der Waals surface area contributed by atoms with E-state index in [1.54, 1.807) is 17.0 Å². The number of benzene rings is 1. The first kappa shape index (κ1) is 16.1. The van der Waals surface area contributed by atoms with Crippen molar-refractivity contribution in [1.29, 1.82) is 0 Å². The van der Waals surface area contributed by atoms with Gasteiger partial charge in [-0.25, -0.2) is 4.98 Å². The predicted octanol–water partition coefficient (Wildman–Crippen LogP) is 3.72. The molecule has 1 aromatic carbocycles. The molecule has 0 aliphatic carbocycles. The summed E-state index contributed by atoms with van der Waals surface area (Å²) in [4.78, 5) is 29.6. The van der Waals surface area contributed by atoms with Crippen LogP contribution in [0.2, 0.25) is 0 Å². The molecule has 22 heavy (non-hydrogen) atoms. The summed E-state index contributed by atoms with van der Waals surface area (Å²) in [6.07, 6.45) is 3.19. The number of aryl methyl sites for hydroxylation is 1. The highest BCUT2D eigenvalue weighted by Crippen LogP contribution is 2.21. The highest BCUT2D eigenvalue weighted by Gasteiger charge is 2.12. The van der Waals surface area contributed by atoms with Gasteiger partial charge in [-0.05, 0) is 32.1 Å². The molecule has 2 rings (SSSR count). The quantitative estimate of drug-likeness (QED) is 0.624. The number of amides is 1. The summed E-state index contributed by atoms with van der Waals surface area (Å²) in [7, 11) is 0. The van der Waals surface area contributed by atoms with Gasteiger partial charge < -0.3 is 0 Å². The molecule has 0 aliphatic rings. The Hall–Kier alpha value is -2.27. The van der Waals surface area contributed by atoms with Crippen molar-refractivity contribution in [1.82, 2.24) is 4.98 Å². The predicted molar refractivity (Wildman–Crippen MR) is 90.4 cm³/mol. The Kier molecular flexibility index (Phi) is 5.22. The number of aromatic nitrogens is 1. The minimum absolute atomic E-state index is 0.0387. The molecule has 1 heterocycles. The molecule has 0 radical (unpaired) electrons. The summed E-state index contributed by atoms with van der Waals surface area (Å²) in [5.41, 5.74) is 2.39. The molecule has 0 aliphatic heterocycles. The van der Waals surface area contributed by atoms with E-state index in [-0.39, 0.29) is 11.7 Å². The van der Waals surface area contributed by atoms with Gasteiger partial charge in [-0.3, -0.25) is 14.5 Å². The van der Waals surface area contributed by atoms with E-state index in [0.29, 0.717) is 22.9 Å². The summed E-state index contributed by atoms with van der Waals surface area (Å²) in [5.74, 6) is -0.0969. The van der Waals surface area contributed by atoms with E-state index < -0.39 is 0 Å². The lowest BCUT2D eigenvalue weighted by atomic mass is 10.1. The first-order valence-corrected chi connectivity index (χ1v) is 7.92.